The van der Waals surface area contributed by atoms with Gasteiger partial charge in [-0.1, -0.05) is 6.42 Å². The zero-order valence-electron chi connectivity index (χ0n) is 9.37. The molecule has 2 saturated heterocycles. The van der Waals surface area contributed by atoms with Gasteiger partial charge in [-0.05, 0) is 32.7 Å². The molecule has 1 amide bonds. The first-order valence-electron chi connectivity index (χ1n) is 5.92. The zero-order chi connectivity index (χ0) is 10.7. The van der Waals surface area contributed by atoms with Crippen molar-refractivity contribution in [3.8, 4) is 0 Å². The van der Waals surface area contributed by atoms with E-state index in [4.69, 9.17) is 0 Å². The zero-order valence-corrected chi connectivity index (χ0v) is 10.2. The van der Waals surface area contributed by atoms with E-state index in [1.807, 2.05) is 4.90 Å². The van der Waals surface area contributed by atoms with Crippen molar-refractivity contribution in [2.24, 2.45) is 0 Å². The van der Waals surface area contributed by atoms with Crippen molar-refractivity contribution in [2.45, 2.75) is 44.0 Å². The van der Waals surface area contributed by atoms with Crippen molar-refractivity contribution < 1.29 is 4.79 Å². The second-order valence-electron chi connectivity index (χ2n) is 4.43. The molecule has 2 rings (SSSR count). The molecule has 2 unspecified atom stereocenters. The Morgan fingerprint density at radius 3 is 3.00 bits per heavy atom. The Balaban J connectivity index is 1.74. The van der Waals surface area contributed by atoms with Crippen LogP contribution in [0.4, 0.5) is 0 Å². The summed E-state index contributed by atoms with van der Waals surface area (Å²) in [5.74, 6) is 1.00. The largest absolute Gasteiger partial charge is 0.330 e. The number of rotatable bonds is 3. The number of thioether (sulfide) groups is 1. The lowest BCUT2D eigenvalue weighted by molar-refractivity contribution is -0.127. The third-order valence-corrected chi connectivity index (χ3v) is 4.49. The standard InChI is InChI=1S/C11H20N2OS/c1-9-13(11(14)8-15-9)7-5-10-4-2-3-6-12-10/h9-10,12H,2-8H2,1H3. The lowest BCUT2D eigenvalue weighted by Crippen LogP contribution is -2.39. The van der Waals surface area contributed by atoms with E-state index >= 15 is 0 Å². The van der Waals surface area contributed by atoms with Crippen LogP contribution in [0.15, 0.2) is 0 Å². The molecular formula is C11H20N2OS. The van der Waals surface area contributed by atoms with E-state index in [0.717, 1.165) is 19.5 Å². The summed E-state index contributed by atoms with van der Waals surface area (Å²) in [6.45, 7) is 4.22. The fraction of sp³-hybridized carbons (Fsp3) is 0.909. The average Bonchev–Trinajstić information content (AvgIpc) is 2.58. The Morgan fingerprint density at radius 2 is 2.40 bits per heavy atom. The molecule has 2 heterocycles. The van der Waals surface area contributed by atoms with Gasteiger partial charge in [0, 0.05) is 12.6 Å². The van der Waals surface area contributed by atoms with Gasteiger partial charge in [0.2, 0.25) is 5.91 Å². The van der Waals surface area contributed by atoms with Gasteiger partial charge in [-0.2, -0.15) is 0 Å². The number of hydrogen-bond acceptors (Lipinski definition) is 3. The van der Waals surface area contributed by atoms with Crippen LogP contribution in [0.1, 0.15) is 32.6 Å². The molecule has 2 aliphatic heterocycles. The number of carbonyl (C=O) groups is 1. The summed E-state index contributed by atoms with van der Waals surface area (Å²) in [6, 6.07) is 0.643. The molecule has 2 atom stereocenters. The van der Waals surface area contributed by atoms with Gasteiger partial charge in [0.15, 0.2) is 0 Å². The van der Waals surface area contributed by atoms with Crippen LogP contribution in [0.25, 0.3) is 0 Å². The molecule has 86 valence electrons. The summed E-state index contributed by atoms with van der Waals surface area (Å²) in [7, 11) is 0. The number of piperidine rings is 1. The molecule has 0 bridgehead atoms. The molecule has 0 aromatic rings. The highest BCUT2D eigenvalue weighted by molar-refractivity contribution is 8.00. The maximum atomic E-state index is 11.5. The monoisotopic (exact) mass is 228 g/mol. The lowest BCUT2D eigenvalue weighted by atomic mass is 10.0. The second kappa shape index (κ2) is 5.21. The number of hydrogen-bond donors (Lipinski definition) is 1. The fourth-order valence-corrected chi connectivity index (χ4v) is 3.29. The fourth-order valence-electron chi connectivity index (χ4n) is 2.34. The van der Waals surface area contributed by atoms with Gasteiger partial charge in [0.05, 0.1) is 11.1 Å². The summed E-state index contributed by atoms with van der Waals surface area (Å²) in [5, 5.41) is 3.92. The molecule has 15 heavy (non-hydrogen) atoms. The molecule has 4 heteroatoms. The van der Waals surface area contributed by atoms with Crippen molar-refractivity contribution in [1.29, 1.82) is 0 Å². The van der Waals surface area contributed by atoms with Gasteiger partial charge < -0.3 is 10.2 Å². The quantitative estimate of drug-likeness (QED) is 0.793. The van der Waals surface area contributed by atoms with Crippen molar-refractivity contribution in [1.82, 2.24) is 10.2 Å². The van der Waals surface area contributed by atoms with Gasteiger partial charge in [0.25, 0.3) is 0 Å². The molecule has 2 fully saturated rings. The Bertz CT molecular complexity index is 229. The maximum Gasteiger partial charge on any atom is 0.233 e. The highest BCUT2D eigenvalue weighted by atomic mass is 32.2. The van der Waals surface area contributed by atoms with Crippen LogP contribution in [0.3, 0.4) is 0 Å². The molecule has 1 N–H and O–H groups in total. The first-order chi connectivity index (χ1) is 7.27. The van der Waals surface area contributed by atoms with Crippen LogP contribution in [0, 0.1) is 0 Å². The first-order valence-corrected chi connectivity index (χ1v) is 6.96. The van der Waals surface area contributed by atoms with Gasteiger partial charge in [-0.15, -0.1) is 11.8 Å². The predicted octanol–water partition coefficient (Wildman–Crippen LogP) is 1.44. The maximum absolute atomic E-state index is 11.5. The highest BCUT2D eigenvalue weighted by Gasteiger charge is 2.28. The van der Waals surface area contributed by atoms with E-state index in [1.54, 1.807) is 11.8 Å². The number of nitrogens with one attached hydrogen (secondary N) is 1. The van der Waals surface area contributed by atoms with Gasteiger partial charge in [-0.3, -0.25) is 4.79 Å². The lowest BCUT2D eigenvalue weighted by Gasteiger charge is -2.27. The van der Waals surface area contributed by atoms with E-state index < -0.39 is 0 Å². The van der Waals surface area contributed by atoms with E-state index in [1.165, 1.54) is 19.3 Å². The van der Waals surface area contributed by atoms with Crippen molar-refractivity contribution in [3.05, 3.63) is 0 Å². The van der Waals surface area contributed by atoms with E-state index in [-0.39, 0.29) is 0 Å². The Labute approximate surface area is 96.0 Å². The third-order valence-electron chi connectivity index (χ3n) is 3.34. The van der Waals surface area contributed by atoms with Crippen LogP contribution < -0.4 is 5.32 Å². The first kappa shape index (κ1) is 11.3. The molecule has 0 saturated carbocycles. The third kappa shape index (κ3) is 2.88. The van der Waals surface area contributed by atoms with E-state index in [0.29, 0.717) is 23.1 Å². The van der Waals surface area contributed by atoms with E-state index in [9.17, 15) is 4.79 Å². The normalized spacial score (nSPS) is 32.3. The van der Waals surface area contributed by atoms with Crippen LogP contribution in [0.5, 0.6) is 0 Å². The van der Waals surface area contributed by atoms with Crippen molar-refractivity contribution in [3.63, 3.8) is 0 Å². The minimum atomic E-state index is 0.323. The van der Waals surface area contributed by atoms with Crippen molar-refractivity contribution >= 4 is 17.7 Å². The van der Waals surface area contributed by atoms with Crippen LogP contribution in [0.2, 0.25) is 0 Å². The average molecular weight is 228 g/mol. The number of carbonyl (C=O) groups excluding carboxylic acids is 1. The van der Waals surface area contributed by atoms with Crippen LogP contribution in [-0.4, -0.2) is 41.1 Å². The summed E-state index contributed by atoms with van der Waals surface area (Å²) < 4.78 is 0. The highest BCUT2D eigenvalue weighted by Crippen LogP contribution is 2.24. The molecule has 0 spiro atoms. The van der Waals surface area contributed by atoms with Gasteiger partial charge in [0.1, 0.15) is 0 Å². The molecule has 0 aromatic heterocycles. The molecule has 3 nitrogen and oxygen atoms in total. The van der Waals surface area contributed by atoms with Gasteiger partial charge >= 0.3 is 0 Å². The number of nitrogens with zero attached hydrogens (tertiary/aromatic N) is 1. The Hall–Kier alpha value is -0.220. The topological polar surface area (TPSA) is 32.3 Å². The second-order valence-corrected chi connectivity index (χ2v) is 5.74. The van der Waals surface area contributed by atoms with Crippen molar-refractivity contribution in [2.75, 3.05) is 18.8 Å². The summed E-state index contributed by atoms with van der Waals surface area (Å²) in [4.78, 5) is 13.6. The molecular weight excluding hydrogens is 208 g/mol. The van der Waals surface area contributed by atoms with Crippen LogP contribution >= 0.6 is 11.8 Å². The van der Waals surface area contributed by atoms with E-state index in [2.05, 4.69) is 12.2 Å². The number of amides is 1. The molecule has 0 aromatic carbocycles. The molecule has 0 aliphatic carbocycles. The summed E-state index contributed by atoms with van der Waals surface area (Å²) in [5.41, 5.74) is 0. The van der Waals surface area contributed by atoms with Crippen LogP contribution in [-0.2, 0) is 4.79 Å². The summed E-state index contributed by atoms with van der Waals surface area (Å²) in [6.07, 6.45) is 5.06. The minimum Gasteiger partial charge on any atom is -0.330 e. The molecule has 2 aliphatic rings. The van der Waals surface area contributed by atoms with Gasteiger partial charge in [-0.25, -0.2) is 0 Å². The predicted molar refractivity (Wildman–Crippen MR) is 63.9 cm³/mol. The Morgan fingerprint density at radius 1 is 1.53 bits per heavy atom. The minimum absolute atomic E-state index is 0.323. The SMILES string of the molecule is CC1SCC(=O)N1CCC1CCCCN1. The smallest absolute Gasteiger partial charge is 0.233 e. The summed E-state index contributed by atoms with van der Waals surface area (Å²) >= 11 is 1.76. The molecule has 0 radical (unpaired) electrons. The Kier molecular flexibility index (Phi) is 3.92.